The standard InChI is InChI=1S/C7H10N2O4S/c1-12-2-5-8-9-6(13-5)3-14-4-7(10)11/h2-4H2,1H3,(H,10,11). The van der Waals surface area contributed by atoms with E-state index in [0.29, 0.717) is 17.5 Å². The maximum atomic E-state index is 10.2. The van der Waals surface area contributed by atoms with E-state index in [1.165, 1.54) is 18.9 Å². The highest BCUT2D eigenvalue weighted by Crippen LogP contribution is 2.10. The van der Waals surface area contributed by atoms with E-state index in [1.54, 1.807) is 0 Å². The van der Waals surface area contributed by atoms with Crippen molar-refractivity contribution in [3.8, 4) is 0 Å². The molecule has 0 bridgehead atoms. The number of ether oxygens (including phenoxy) is 1. The summed E-state index contributed by atoms with van der Waals surface area (Å²) < 4.78 is 9.93. The molecule has 0 aromatic carbocycles. The average molecular weight is 218 g/mol. The van der Waals surface area contributed by atoms with Crippen LogP contribution in [0.3, 0.4) is 0 Å². The van der Waals surface area contributed by atoms with Gasteiger partial charge in [-0.3, -0.25) is 4.79 Å². The van der Waals surface area contributed by atoms with Crippen molar-refractivity contribution in [3.63, 3.8) is 0 Å². The normalized spacial score (nSPS) is 10.4. The lowest BCUT2D eigenvalue weighted by atomic mass is 10.7. The number of carboxylic acids is 1. The predicted octanol–water partition coefficient (Wildman–Crippen LogP) is 0.534. The summed E-state index contributed by atoms with van der Waals surface area (Å²) in [6.45, 7) is 0.274. The molecule has 0 fully saturated rings. The SMILES string of the molecule is COCc1nnc(CSCC(=O)O)o1. The van der Waals surface area contributed by atoms with Crippen molar-refractivity contribution >= 4 is 17.7 Å². The van der Waals surface area contributed by atoms with E-state index in [2.05, 4.69) is 10.2 Å². The van der Waals surface area contributed by atoms with Gasteiger partial charge in [-0.15, -0.1) is 22.0 Å². The molecule has 0 saturated heterocycles. The predicted molar refractivity (Wildman–Crippen MR) is 48.8 cm³/mol. The fraction of sp³-hybridized carbons (Fsp3) is 0.571. The molecule has 14 heavy (non-hydrogen) atoms. The number of thioether (sulfide) groups is 1. The van der Waals surface area contributed by atoms with Crippen LogP contribution in [0.1, 0.15) is 11.8 Å². The molecule has 78 valence electrons. The number of hydrogen-bond donors (Lipinski definition) is 1. The molecule has 0 atom stereocenters. The molecule has 7 heteroatoms. The molecule has 1 heterocycles. The number of aliphatic carboxylic acids is 1. The van der Waals surface area contributed by atoms with E-state index >= 15 is 0 Å². The molecule has 0 amide bonds. The lowest BCUT2D eigenvalue weighted by molar-refractivity contribution is -0.133. The molecule has 0 aliphatic rings. The molecule has 0 aliphatic carbocycles. The van der Waals surface area contributed by atoms with Crippen molar-refractivity contribution in [1.82, 2.24) is 10.2 Å². The molecule has 1 aromatic rings. The molecular formula is C7H10N2O4S. The van der Waals surface area contributed by atoms with Gasteiger partial charge in [0.15, 0.2) is 0 Å². The second kappa shape index (κ2) is 5.61. The Balaban J connectivity index is 2.32. The van der Waals surface area contributed by atoms with Crippen molar-refractivity contribution in [1.29, 1.82) is 0 Å². The van der Waals surface area contributed by atoms with Gasteiger partial charge in [0.25, 0.3) is 0 Å². The van der Waals surface area contributed by atoms with Gasteiger partial charge in [0.2, 0.25) is 11.8 Å². The Morgan fingerprint density at radius 2 is 2.29 bits per heavy atom. The van der Waals surface area contributed by atoms with Gasteiger partial charge in [0.1, 0.15) is 6.61 Å². The monoisotopic (exact) mass is 218 g/mol. The molecule has 1 N–H and O–H groups in total. The van der Waals surface area contributed by atoms with Crippen LogP contribution in [-0.4, -0.2) is 34.1 Å². The Kier molecular flexibility index (Phi) is 4.41. The van der Waals surface area contributed by atoms with Crippen molar-refractivity contribution in [2.45, 2.75) is 12.4 Å². The van der Waals surface area contributed by atoms with Crippen LogP contribution in [0.2, 0.25) is 0 Å². The Morgan fingerprint density at radius 1 is 1.57 bits per heavy atom. The summed E-state index contributed by atoms with van der Waals surface area (Å²) in [5.74, 6) is 0.402. The Hall–Kier alpha value is -1.08. The average Bonchev–Trinajstić information content (AvgIpc) is 2.53. The minimum absolute atomic E-state index is 0.0298. The lowest BCUT2D eigenvalue weighted by Crippen LogP contribution is -1.98. The Bertz CT molecular complexity index is 302. The molecule has 1 rings (SSSR count). The topological polar surface area (TPSA) is 85.5 Å². The first-order valence-electron chi connectivity index (χ1n) is 3.82. The van der Waals surface area contributed by atoms with Crippen LogP contribution in [0.5, 0.6) is 0 Å². The zero-order chi connectivity index (χ0) is 10.4. The van der Waals surface area contributed by atoms with Gasteiger partial charge in [-0.2, -0.15) is 0 Å². The minimum atomic E-state index is -0.855. The Labute approximate surface area is 84.7 Å². The first-order chi connectivity index (χ1) is 6.72. The lowest BCUT2D eigenvalue weighted by Gasteiger charge is -1.92. The summed E-state index contributed by atoms with van der Waals surface area (Å²) >= 11 is 1.21. The summed E-state index contributed by atoms with van der Waals surface area (Å²) in [6, 6.07) is 0. The summed E-state index contributed by atoms with van der Waals surface area (Å²) in [6.07, 6.45) is 0. The minimum Gasteiger partial charge on any atom is -0.481 e. The van der Waals surface area contributed by atoms with Crippen LogP contribution in [0.25, 0.3) is 0 Å². The van der Waals surface area contributed by atoms with Crippen LogP contribution < -0.4 is 0 Å². The van der Waals surface area contributed by atoms with Crippen LogP contribution in [-0.2, 0) is 21.9 Å². The van der Waals surface area contributed by atoms with Gasteiger partial charge in [0.05, 0.1) is 11.5 Å². The van der Waals surface area contributed by atoms with Crippen molar-refractivity contribution < 1.29 is 19.1 Å². The van der Waals surface area contributed by atoms with Gasteiger partial charge in [-0.1, -0.05) is 0 Å². The number of carboxylic acid groups (broad SMARTS) is 1. The zero-order valence-electron chi connectivity index (χ0n) is 7.60. The summed E-state index contributed by atoms with van der Waals surface area (Å²) in [5.41, 5.74) is 0. The number of hydrogen-bond acceptors (Lipinski definition) is 6. The first-order valence-corrected chi connectivity index (χ1v) is 4.97. The summed E-state index contributed by atoms with van der Waals surface area (Å²) in [7, 11) is 1.53. The number of carbonyl (C=O) groups is 1. The molecule has 0 radical (unpaired) electrons. The van der Waals surface area contributed by atoms with E-state index in [1.807, 2.05) is 0 Å². The number of aromatic nitrogens is 2. The van der Waals surface area contributed by atoms with Crippen molar-refractivity contribution in [2.24, 2.45) is 0 Å². The molecule has 1 aromatic heterocycles. The van der Waals surface area contributed by atoms with Crippen LogP contribution in [0, 0.1) is 0 Å². The van der Waals surface area contributed by atoms with Crippen LogP contribution in [0.4, 0.5) is 0 Å². The highest BCUT2D eigenvalue weighted by Gasteiger charge is 2.06. The van der Waals surface area contributed by atoms with E-state index in [-0.39, 0.29) is 12.4 Å². The maximum Gasteiger partial charge on any atom is 0.313 e. The van der Waals surface area contributed by atoms with Gasteiger partial charge >= 0.3 is 5.97 Å². The van der Waals surface area contributed by atoms with Gasteiger partial charge in [-0.05, 0) is 0 Å². The zero-order valence-corrected chi connectivity index (χ0v) is 8.41. The highest BCUT2D eigenvalue weighted by molar-refractivity contribution is 7.99. The smallest absolute Gasteiger partial charge is 0.313 e. The van der Waals surface area contributed by atoms with Gasteiger partial charge < -0.3 is 14.3 Å². The fourth-order valence-corrected chi connectivity index (χ4v) is 1.32. The molecule has 0 aliphatic heterocycles. The van der Waals surface area contributed by atoms with Crippen LogP contribution in [0.15, 0.2) is 4.42 Å². The maximum absolute atomic E-state index is 10.2. The second-order valence-electron chi connectivity index (χ2n) is 2.41. The summed E-state index contributed by atoms with van der Waals surface area (Å²) in [5, 5.41) is 15.8. The molecule has 0 unspecified atom stereocenters. The van der Waals surface area contributed by atoms with E-state index in [9.17, 15) is 4.79 Å². The molecule has 6 nitrogen and oxygen atoms in total. The third kappa shape index (κ3) is 3.75. The summed E-state index contributed by atoms with van der Waals surface area (Å²) in [4.78, 5) is 10.2. The van der Waals surface area contributed by atoms with E-state index < -0.39 is 5.97 Å². The fourth-order valence-electron chi connectivity index (χ4n) is 0.754. The number of nitrogens with zero attached hydrogens (tertiary/aromatic N) is 2. The van der Waals surface area contributed by atoms with Gasteiger partial charge in [0, 0.05) is 7.11 Å². The van der Waals surface area contributed by atoms with Crippen molar-refractivity contribution in [2.75, 3.05) is 12.9 Å². The third-order valence-corrected chi connectivity index (χ3v) is 2.13. The molecule has 0 saturated carbocycles. The van der Waals surface area contributed by atoms with Crippen LogP contribution >= 0.6 is 11.8 Å². The first kappa shape index (κ1) is 11.0. The van der Waals surface area contributed by atoms with Gasteiger partial charge in [-0.25, -0.2) is 0 Å². The number of methoxy groups -OCH3 is 1. The van der Waals surface area contributed by atoms with E-state index in [4.69, 9.17) is 14.3 Å². The largest absolute Gasteiger partial charge is 0.481 e. The quantitative estimate of drug-likeness (QED) is 0.745. The highest BCUT2D eigenvalue weighted by atomic mass is 32.2. The second-order valence-corrected chi connectivity index (χ2v) is 3.39. The molecule has 0 spiro atoms. The third-order valence-electron chi connectivity index (χ3n) is 1.23. The Morgan fingerprint density at radius 3 is 2.93 bits per heavy atom. The van der Waals surface area contributed by atoms with Crippen molar-refractivity contribution in [3.05, 3.63) is 11.8 Å². The van der Waals surface area contributed by atoms with E-state index in [0.717, 1.165) is 0 Å². The molecular weight excluding hydrogens is 208 g/mol. The number of rotatable bonds is 6.